The maximum atomic E-state index is 5.78. The lowest BCUT2D eigenvalue weighted by molar-refractivity contribution is 0.174. The molecule has 0 spiro atoms. The molecule has 0 aromatic heterocycles. The highest BCUT2D eigenvalue weighted by Gasteiger charge is 2.13. The number of para-hydroxylation sites is 1. The lowest BCUT2D eigenvalue weighted by Gasteiger charge is -2.10. The molecule has 2 aromatic rings. The van der Waals surface area contributed by atoms with E-state index in [0.29, 0.717) is 17.3 Å². The summed E-state index contributed by atoms with van der Waals surface area (Å²) in [4.78, 5) is 0.325. The number of ether oxygens (including phenoxy) is 3. The van der Waals surface area contributed by atoms with Crippen LogP contribution in [0.25, 0.3) is 0 Å². The third-order valence-corrected chi connectivity index (χ3v) is 3.20. The largest absolute Gasteiger partial charge is 0.488 e. The summed E-state index contributed by atoms with van der Waals surface area (Å²) in [5.74, 6) is 2.18. The molecule has 1 aliphatic heterocycles. The first-order chi connectivity index (χ1) is 9.74. The van der Waals surface area contributed by atoms with Gasteiger partial charge < -0.3 is 19.9 Å². The highest BCUT2D eigenvalue weighted by atomic mass is 32.1. The van der Waals surface area contributed by atoms with Gasteiger partial charge in [-0.1, -0.05) is 30.4 Å². The van der Waals surface area contributed by atoms with Crippen molar-refractivity contribution in [3.63, 3.8) is 0 Å². The molecule has 0 atom stereocenters. The molecule has 2 N–H and O–H groups in total. The van der Waals surface area contributed by atoms with Crippen molar-refractivity contribution in [2.24, 2.45) is 5.73 Å². The summed E-state index contributed by atoms with van der Waals surface area (Å²) in [6.07, 6.45) is 0. The first kappa shape index (κ1) is 12.7. The van der Waals surface area contributed by atoms with Gasteiger partial charge in [-0.2, -0.15) is 0 Å². The Hall–Kier alpha value is -2.27. The summed E-state index contributed by atoms with van der Waals surface area (Å²) in [6.45, 7) is 0.681. The first-order valence-electron chi connectivity index (χ1n) is 6.14. The molecule has 0 aliphatic carbocycles. The monoisotopic (exact) mass is 287 g/mol. The Bertz CT molecular complexity index is 657. The van der Waals surface area contributed by atoms with Crippen LogP contribution in [-0.4, -0.2) is 11.8 Å². The summed E-state index contributed by atoms with van der Waals surface area (Å²) in [7, 11) is 0. The first-order valence-corrected chi connectivity index (χ1v) is 6.55. The van der Waals surface area contributed by atoms with Crippen molar-refractivity contribution in [2.75, 3.05) is 6.79 Å². The van der Waals surface area contributed by atoms with Crippen LogP contribution < -0.4 is 19.9 Å². The fourth-order valence-electron chi connectivity index (χ4n) is 1.99. The van der Waals surface area contributed by atoms with Gasteiger partial charge >= 0.3 is 0 Å². The lowest BCUT2D eigenvalue weighted by Crippen LogP contribution is -2.11. The van der Waals surface area contributed by atoms with Gasteiger partial charge in [0.05, 0.1) is 5.56 Å². The van der Waals surface area contributed by atoms with Gasteiger partial charge in [-0.05, 0) is 29.8 Å². The SMILES string of the molecule is NC(=S)c1ccccc1OCc1ccc2c(c1)OCO2. The van der Waals surface area contributed by atoms with Gasteiger partial charge in [0.25, 0.3) is 0 Å². The Labute approximate surface area is 122 Å². The quantitative estimate of drug-likeness (QED) is 0.876. The summed E-state index contributed by atoms with van der Waals surface area (Å²) < 4.78 is 16.4. The van der Waals surface area contributed by atoms with Crippen LogP contribution in [0, 0.1) is 0 Å². The molecule has 2 aromatic carbocycles. The Balaban J connectivity index is 1.75. The molecule has 0 fully saturated rings. The van der Waals surface area contributed by atoms with E-state index < -0.39 is 0 Å². The zero-order valence-corrected chi connectivity index (χ0v) is 11.5. The van der Waals surface area contributed by atoms with Crippen molar-refractivity contribution in [1.29, 1.82) is 0 Å². The summed E-state index contributed by atoms with van der Waals surface area (Å²) in [6, 6.07) is 13.2. The standard InChI is InChI=1S/C15H13NO3S/c16-15(20)11-3-1-2-4-12(11)17-8-10-5-6-13-14(7-10)19-9-18-13/h1-7H,8-9H2,(H2,16,20). The lowest BCUT2D eigenvalue weighted by atomic mass is 10.2. The van der Waals surface area contributed by atoms with E-state index in [1.165, 1.54) is 0 Å². The normalized spacial score (nSPS) is 12.2. The predicted molar refractivity (Wildman–Crippen MR) is 79.2 cm³/mol. The summed E-state index contributed by atoms with van der Waals surface area (Å²) >= 11 is 5.01. The molecule has 5 heteroatoms. The van der Waals surface area contributed by atoms with E-state index in [4.69, 9.17) is 32.2 Å². The molecule has 0 amide bonds. The topological polar surface area (TPSA) is 53.7 Å². The van der Waals surface area contributed by atoms with Crippen molar-refractivity contribution in [2.45, 2.75) is 6.61 Å². The average molecular weight is 287 g/mol. The van der Waals surface area contributed by atoms with Crippen LogP contribution in [0.1, 0.15) is 11.1 Å². The van der Waals surface area contributed by atoms with Gasteiger partial charge in [0.2, 0.25) is 6.79 Å². The third kappa shape index (κ3) is 2.53. The molecule has 1 aliphatic rings. The fraction of sp³-hybridized carbons (Fsp3) is 0.133. The smallest absolute Gasteiger partial charge is 0.231 e. The van der Waals surface area contributed by atoms with E-state index in [9.17, 15) is 0 Å². The Kier molecular flexibility index (Phi) is 3.43. The second-order valence-electron chi connectivity index (χ2n) is 4.34. The number of thiocarbonyl (C=S) groups is 1. The average Bonchev–Trinajstić information content (AvgIpc) is 2.92. The minimum absolute atomic E-state index is 0.268. The third-order valence-electron chi connectivity index (χ3n) is 2.98. The summed E-state index contributed by atoms with van der Waals surface area (Å²) in [5, 5.41) is 0. The van der Waals surface area contributed by atoms with Crippen LogP contribution in [0.3, 0.4) is 0 Å². The van der Waals surface area contributed by atoms with Crippen molar-refractivity contribution in [1.82, 2.24) is 0 Å². The van der Waals surface area contributed by atoms with Crippen molar-refractivity contribution < 1.29 is 14.2 Å². The molecule has 0 bridgehead atoms. The van der Waals surface area contributed by atoms with E-state index in [1.807, 2.05) is 42.5 Å². The van der Waals surface area contributed by atoms with E-state index >= 15 is 0 Å². The zero-order chi connectivity index (χ0) is 13.9. The maximum absolute atomic E-state index is 5.78. The highest BCUT2D eigenvalue weighted by Crippen LogP contribution is 2.32. The van der Waals surface area contributed by atoms with Crippen molar-refractivity contribution in [3.05, 3.63) is 53.6 Å². The molecule has 20 heavy (non-hydrogen) atoms. The van der Waals surface area contributed by atoms with E-state index in [1.54, 1.807) is 0 Å². The molecule has 0 unspecified atom stereocenters. The Morgan fingerprint density at radius 1 is 1.15 bits per heavy atom. The highest BCUT2D eigenvalue weighted by molar-refractivity contribution is 7.80. The minimum atomic E-state index is 0.268. The second-order valence-corrected chi connectivity index (χ2v) is 4.78. The predicted octanol–water partition coefficient (Wildman–Crippen LogP) is 2.63. The van der Waals surface area contributed by atoms with Crippen LogP contribution in [0.15, 0.2) is 42.5 Å². The Morgan fingerprint density at radius 3 is 2.80 bits per heavy atom. The number of hydrogen-bond donors (Lipinski definition) is 1. The van der Waals surface area contributed by atoms with Gasteiger partial charge in [0.1, 0.15) is 17.3 Å². The minimum Gasteiger partial charge on any atom is -0.488 e. The van der Waals surface area contributed by atoms with Crippen LogP contribution in [0.2, 0.25) is 0 Å². The molecule has 1 heterocycles. The molecule has 0 saturated heterocycles. The van der Waals surface area contributed by atoms with E-state index in [0.717, 1.165) is 22.6 Å². The molecule has 0 radical (unpaired) electrons. The molecule has 0 saturated carbocycles. The van der Waals surface area contributed by atoms with Crippen LogP contribution >= 0.6 is 12.2 Å². The molecule has 102 valence electrons. The van der Waals surface area contributed by atoms with Gasteiger partial charge in [-0.25, -0.2) is 0 Å². The number of hydrogen-bond acceptors (Lipinski definition) is 4. The van der Waals surface area contributed by atoms with Gasteiger partial charge in [-0.15, -0.1) is 0 Å². The van der Waals surface area contributed by atoms with Crippen LogP contribution in [0.5, 0.6) is 17.2 Å². The van der Waals surface area contributed by atoms with Gasteiger partial charge in [-0.3, -0.25) is 0 Å². The van der Waals surface area contributed by atoms with Crippen LogP contribution in [0.4, 0.5) is 0 Å². The number of nitrogens with two attached hydrogens (primary N) is 1. The molecule has 4 nitrogen and oxygen atoms in total. The van der Waals surface area contributed by atoms with Crippen LogP contribution in [-0.2, 0) is 6.61 Å². The summed E-state index contributed by atoms with van der Waals surface area (Å²) in [5.41, 5.74) is 7.40. The maximum Gasteiger partial charge on any atom is 0.231 e. The van der Waals surface area contributed by atoms with Gasteiger partial charge in [0, 0.05) is 0 Å². The van der Waals surface area contributed by atoms with E-state index in [2.05, 4.69) is 0 Å². The zero-order valence-electron chi connectivity index (χ0n) is 10.7. The number of fused-ring (bicyclic) bond motifs is 1. The number of rotatable bonds is 4. The molecule has 3 rings (SSSR count). The van der Waals surface area contributed by atoms with Gasteiger partial charge in [0.15, 0.2) is 11.5 Å². The van der Waals surface area contributed by atoms with Crippen molar-refractivity contribution >= 4 is 17.2 Å². The second kappa shape index (κ2) is 5.38. The Morgan fingerprint density at radius 2 is 1.95 bits per heavy atom. The molecular formula is C15H13NO3S. The van der Waals surface area contributed by atoms with Crippen molar-refractivity contribution in [3.8, 4) is 17.2 Å². The number of benzene rings is 2. The van der Waals surface area contributed by atoms with E-state index in [-0.39, 0.29) is 6.79 Å². The molecular weight excluding hydrogens is 274 g/mol. The fourth-order valence-corrected chi connectivity index (χ4v) is 2.16.